The summed E-state index contributed by atoms with van der Waals surface area (Å²) in [5.74, 6) is 5.66. The highest BCUT2D eigenvalue weighted by Gasteiger charge is 2.47. The summed E-state index contributed by atoms with van der Waals surface area (Å²) < 4.78 is 1.32. The van der Waals surface area contributed by atoms with E-state index in [4.69, 9.17) is 0 Å². The van der Waals surface area contributed by atoms with Crippen molar-refractivity contribution in [2.45, 2.75) is 40.0 Å². The SMILES string of the molecule is CCNc1nc(C#Cc2cnccn2)nc2c1ncn2[C@H](O)C(O)C(C)(C(=O)NC)C(C)C. The Labute approximate surface area is 191 Å². The molecule has 0 saturated carbocycles. The maximum Gasteiger partial charge on any atom is 0.228 e. The minimum Gasteiger partial charge on any atom is -0.387 e. The fourth-order valence-electron chi connectivity index (χ4n) is 3.41. The number of hydrogen-bond donors (Lipinski definition) is 4. The number of carbonyl (C=O) groups excluding carboxylic acids is 1. The molecule has 3 atom stereocenters. The van der Waals surface area contributed by atoms with Crippen LogP contribution in [0.1, 0.15) is 45.4 Å². The van der Waals surface area contributed by atoms with Gasteiger partial charge in [0.1, 0.15) is 11.8 Å². The average molecular weight is 453 g/mol. The van der Waals surface area contributed by atoms with Crippen molar-refractivity contribution in [3.8, 4) is 11.8 Å². The van der Waals surface area contributed by atoms with E-state index in [2.05, 4.69) is 47.4 Å². The predicted molar refractivity (Wildman–Crippen MR) is 122 cm³/mol. The second-order valence-electron chi connectivity index (χ2n) is 7.97. The number of carbonyl (C=O) groups is 1. The van der Waals surface area contributed by atoms with Crippen molar-refractivity contribution in [1.82, 2.24) is 34.8 Å². The molecule has 0 radical (unpaired) electrons. The molecule has 11 heteroatoms. The molecule has 0 aliphatic heterocycles. The Morgan fingerprint density at radius 2 is 1.97 bits per heavy atom. The molecule has 2 unspecified atom stereocenters. The predicted octanol–water partition coefficient (Wildman–Crippen LogP) is 0.708. The van der Waals surface area contributed by atoms with Crippen LogP contribution in [0.5, 0.6) is 0 Å². The number of aromatic nitrogens is 6. The number of nitrogens with zero attached hydrogens (tertiary/aromatic N) is 6. The lowest BCUT2D eigenvalue weighted by atomic mass is 9.72. The third-order valence-electron chi connectivity index (χ3n) is 5.73. The molecule has 0 aliphatic carbocycles. The molecule has 1 amide bonds. The van der Waals surface area contributed by atoms with E-state index < -0.39 is 17.7 Å². The van der Waals surface area contributed by atoms with Crippen molar-refractivity contribution in [3.63, 3.8) is 0 Å². The molecule has 3 aromatic heterocycles. The van der Waals surface area contributed by atoms with Crippen LogP contribution in [-0.2, 0) is 4.79 Å². The third-order valence-corrected chi connectivity index (χ3v) is 5.73. The normalized spacial score (nSPS) is 14.8. The number of hydrogen-bond acceptors (Lipinski definition) is 9. The summed E-state index contributed by atoms with van der Waals surface area (Å²) in [5.41, 5.74) is -0.150. The van der Waals surface area contributed by atoms with Gasteiger partial charge in [0.25, 0.3) is 0 Å². The first-order chi connectivity index (χ1) is 15.7. The molecule has 11 nitrogen and oxygen atoms in total. The zero-order valence-electron chi connectivity index (χ0n) is 19.2. The summed E-state index contributed by atoms with van der Waals surface area (Å²) in [6.07, 6.45) is 3.02. The lowest BCUT2D eigenvalue weighted by molar-refractivity contribution is -0.154. The topological polar surface area (TPSA) is 151 Å². The summed E-state index contributed by atoms with van der Waals surface area (Å²) in [4.78, 5) is 33.9. The van der Waals surface area contributed by atoms with E-state index in [0.717, 1.165) is 0 Å². The van der Waals surface area contributed by atoms with Crippen molar-refractivity contribution < 1.29 is 15.0 Å². The monoisotopic (exact) mass is 452 g/mol. The van der Waals surface area contributed by atoms with Gasteiger partial charge in [0, 0.05) is 26.0 Å². The summed E-state index contributed by atoms with van der Waals surface area (Å²) in [7, 11) is 1.49. The summed E-state index contributed by atoms with van der Waals surface area (Å²) in [6.45, 7) is 7.71. The molecule has 4 N–H and O–H groups in total. The summed E-state index contributed by atoms with van der Waals surface area (Å²) >= 11 is 0. The van der Waals surface area contributed by atoms with Crippen molar-refractivity contribution >= 4 is 22.9 Å². The second-order valence-corrected chi connectivity index (χ2v) is 7.97. The fourth-order valence-corrected chi connectivity index (χ4v) is 3.41. The molecule has 174 valence electrons. The maximum absolute atomic E-state index is 12.6. The molecular weight excluding hydrogens is 424 g/mol. The number of anilines is 1. The highest BCUT2D eigenvalue weighted by Crippen LogP contribution is 2.37. The highest BCUT2D eigenvalue weighted by atomic mass is 16.3. The quantitative estimate of drug-likeness (QED) is 0.380. The van der Waals surface area contributed by atoms with Gasteiger partial charge in [0.05, 0.1) is 17.9 Å². The van der Waals surface area contributed by atoms with Crippen LogP contribution in [-0.4, -0.2) is 65.3 Å². The summed E-state index contributed by atoms with van der Waals surface area (Å²) in [5, 5.41) is 27.8. The van der Waals surface area contributed by atoms with E-state index in [9.17, 15) is 15.0 Å². The molecule has 3 aromatic rings. The van der Waals surface area contributed by atoms with Gasteiger partial charge in [-0.05, 0) is 31.6 Å². The van der Waals surface area contributed by atoms with Gasteiger partial charge in [-0.2, -0.15) is 0 Å². The van der Waals surface area contributed by atoms with Crippen LogP contribution in [0.25, 0.3) is 11.2 Å². The maximum atomic E-state index is 12.6. The van der Waals surface area contributed by atoms with Gasteiger partial charge in [-0.1, -0.05) is 13.8 Å². The highest BCUT2D eigenvalue weighted by molar-refractivity contribution is 5.84. The van der Waals surface area contributed by atoms with Crippen LogP contribution in [0.2, 0.25) is 0 Å². The minimum absolute atomic E-state index is 0.172. The molecule has 3 rings (SSSR count). The number of aliphatic hydroxyl groups is 2. The zero-order valence-corrected chi connectivity index (χ0v) is 19.2. The van der Waals surface area contributed by atoms with E-state index in [1.54, 1.807) is 13.1 Å². The van der Waals surface area contributed by atoms with Gasteiger partial charge in [-0.3, -0.25) is 14.3 Å². The van der Waals surface area contributed by atoms with Crippen molar-refractivity contribution in [3.05, 3.63) is 36.4 Å². The molecule has 0 bridgehead atoms. The number of aliphatic hydroxyl groups excluding tert-OH is 2. The van der Waals surface area contributed by atoms with Crippen LogP contribution in [0.3, 0.4) is 0 Å². The van der Waals surface area contributed by atoms with Crippen LogP contribution >= 0.6 is 0 Å². The molecule has 3 heterocycles. The lowest BCUT2D eigenvalue weighted by Crippen LogP contribution is -2.52. The molecule has 0 aliphatic rings. The number of nitrogens with one attached hydrogen (secondary N) is 2. The first kappa shape index (κ1) is 24.0. The minimum atomic E-state index is -1.50. The number of amides is 1. The Morgan fingerprint density at radius 3 is 2.58 bits per heavy atom. The first-order valence-electron chi connectivity index (χ1n) is 10.6. The average Bonchev–Trinajstić information content (AvgIpc) is 3.25. The second kappa shape index (κ2) is 9.89. The van der Waals surface area contributed by atoms with Crippen molar-refractivity contribution in [2.24, 2.45) is 11.3 Å². The Balaban J connectivity index is 2.09. The Morgan fingerprint density at radius 1 is 1.21 bits per heavy atom. The molecular formula is C22H28N8O3. The smallest absolute Gasteiger partial charge is 0.228 e. The van der Waals surface area contributed by atoms with E-state index in [-0.39, 0.29) is 23.3 Å². The molecule has 0 saturated heterocycles. The number of imidazole rings is 1. The first-order valence-corrected chi connectivity index (χ1v) is 10.6. The van der Waals surface area contributed by atoms with Crippen LogP contribution in [0.15, 0.2) is 24.9 Å². The Bertz CT molecular complexity index is 1180. The van der Waals surface area contributed by atoms with Crippen molar-refractivity contribution in [2.75, 3.05) is 18.9 Å². The number of fused-ring (bicyclic) bond motifs is 1. The van der Waals surface area contributed by atoms with Gasteiger partial charge < -0.3 is 20.8 Å². The Kier molecular flexibility index (Phi) is 7.20. The van der Waals surface area contributed by atoms with Crippen LogP contribution < -0.4 is 10.6 Å². The largest absolute Gasteiger partial charge is 0.387 e. The van der Waals surface area contributed by atoms with Gasteiger partial charge in [0.2, 0.25) is 11.7 Å². The van der Waals surface area contributed by atoms with E-state index >= 15 is 0 Å². The molecule has 33 heavy (non-hydrogen) atoms. The van der Waals surface area contributed by atoms with Crippen LogP contribution in [0, 0.1) is 23.2 Å². The fraction of sp³-hybridized carbons (Fsp3) is 0.455. The molecule has 0 aromatic carbocycles. The molecule has 0 fully saturated rings. The van der Waals surface area contributed by atoms with Gasteiger partial charge in [0.15, 0.2) is 23.2 Å². The number of rotatable bonds is 7. The van der Waals surface area contributed by atoms with E-state index in [0.29, 0.717) is 23.6 Å². The van der Waals surface area contributed by atoms with Crippen molar-refractivity contribution in [1.29, 1.82) is 0 Å². The van der Waals surface area contributed by atoms with E-state index in [1.165, 1.54) is 30.3 Å². The summed E-state index contributed by atoms with van der Waals surface area (Å²) in [6, 6.07) is 0. The third kappa shape index (κ3) is 4.62. The van der Waals surface area contributed by atoms with E-state index in [1.807, 2.05) is 20.8 Å². The standard InChI is InChI=1S/C22H28N8O3/c1-6-25-18-16-19(29-15(28-18)8-7-14-11-24-9-10-26-14)30(12-27-16)20(32)17(31)22(4,13(2)3)21(33)23-5/h9-13,17,20,31-32H,6H2,1-5H3,(H,23,33)(H,25,28,29)/t17?,20-,22?/m1/s1. The lowest BCUT2D eigenvalue weighted by Gasteiger charge is -2.38. The Hall–Kier alpha value is -3.62. The van der Waals surface area contributed by atoms with Gasteiger partial charge >= 0.3 is 0 Å². The van der Waals surface area contributed by atoms with Gasteiger partial charge in [-0.25, -0.2) is 19.9 Å². The van der Waals surface area contributed by atoms with Gasteiger partial charge in [-0.15, -0.1) is 0 Å². The molecule has 0 spiro atoms. The zero-order chi connectivity index (χ0) is 24.2. The van der Waals surface area contributed by atoms with Crippen LogP contribution in [0.4, 0.5) is 5.82 Å².